The first kappa shape index (κ1) is 48.9. The number of para-hydroxylation sites is 4. The summed E-state index contributed by atoms with van der Waals surface area (Å²) in [5, 5.41) is 2.15. The predicted molar refractivity (Wildman–Crippen MR) is 313 cm³/mol. The fourth-order valence-electron chi connectivity index (χ4n) is 11.3. The Kier molecular flexibility index (Phi) is 12.2. The Morgan fingerprint density at radius 1 is 0.418 bits per heavy atom. The van der Waals surface area contributed by atoms with Gasteiger partial charge in [-0.1, -0.05) is 148 Å². The topological polar surface area (TPSA) is 33.5 Å². The highest BCUT2D eigenvalue weighted by molar-refractivity contribution is 6.09. The summed E-state index contributed by atoms with van der Waals surface area (Å²) in [4.78, 5) is 9.15. The van der Waals surface area contributed by atoms with Gasteiger partial charge in [-0.2, -0.15) is 0 Å². The van der Waals surface area contributed by atoms with Crippen molar-refractivity contribution >= 4 is 44.6 Å². The Labute approximate surface area is 455 Å². The first-order chi connectivity index (χ1) is 38.4. The van der Waals surface area contributed by atoms with Crippen molar-refractivity contribution < 1.29 is 22.3 Å². The predicted octanol–water partition coefficient (Wildman–Crippen LogP) is 19.4. The van der Waals surface area contributed by atoms with Crippen LogP contribution < -0.4 is 14.5 Å². The lowest BCUT2D eigenvalue weighted by Gasteiger charge is -2.28. The van der Waals surface area contributed by atoms with Crippen molar-refractivity contribution in [3.8, 4) is 73.0 Å². The van der Waals surface area contributed by atoms with Gasteiger partial charge in [0.05, 0.1) is 28.1 Å². The molecule has 10 aromatic carbocycles. The highest BCUT2D eigenvalue weighted by Gasteiger charge is 2.33. The van der Waals surface area contributed by atoms with Crippen LogP contribution in [-0.2, 0) is 5.41 Å². The first-order valence-corrected chi connectivity index (χ1v) is 26.2. The van der Waals surface area contributed by atoms with Gasteiger partial charge in [-0.05, 0) is 134 Å². The monoisotopic (exact) mass is 1040 g/mol. The van der Waals surface area contributed by atoms with Crippen molar-refractivity contribution in [2.45, 2.75) is 26.2 Å². The summed E-state index contributed by atoms with van der Waals surface area (Å²) >= 11 is 0. The Hall–Kier alpha value is -9.73. The first-order valence-electron chi connectivity index (χ1n) is 26.2. The number of pyridine rings is 1. The molecular weight excluding hydrogens is 989 g/mol. The van der Waals surface area contributed by atoms with Crippen LogP contribution in [-0.4, -0.2) is 16.2 Å². The number of anilines is 4. The van der Waals surface area contributed by atoms with E-state index in [1.54, 1.807) is 18.2 Å². The summed E-state index contributed by atoms with van der Waals surface area (Å²) in [7, 11) is 0. The second kappa shape index (κ2) is 19.7. The quantitative estimate of drug-likeness (QED) is 0.128. The van der Waals surface area contributed by atoms with E-state index in [0.717, 1.165) is 90.2 Å². The lowest BCUT2D eigenvalue weighted by molar-refractivity contribution is 0.483. The normalized spacial score (nSPS) is 12.4. The smallest absolute Gasteiger partial charge is 0.137 e. The lowest BCUT2D eigenvalue weighted by Crippen LogP contribution is -2.25. The van der Waals surface area contributed by atoms with E-state index < -0.39 is 23.3 Å². The lowest BCUT2D eigenvalue weighted by atomic mass is 9.87. The molecule has 0 spiro atoms. The van der Waals surface area contributed by atoms with Gasteiger partial charge in [0, 0.05) is 58.0 Å². The van der Waals surface area contributed by atoms with Gasteiger partial charge in [0.25, 0.3) is 0 Å². The van der Waals surface area contributed by atoms with Crippen LogP contribution in [0.4, 0.5) is 40.3 Å². The van der Waals surface area contributed by atoms with E-state index in [0.29, 0.717) is 28.3 Å². The zero-order chi connectivity index (χ0) is 53.9. The van der Waals surface area contributed by atoms with E-state index in [1.807, 2.05) is 90.0 Å². The van der Waals surface area contributed by atoms with Gasteiger partial charge >= 0.3 is 0 Å². The molecular formula is C70H50F4N4O. The highest BCUT2D eigenvalue weighted by Crippen LogP contribution is 2.52. The minimum Gasteiger partial charge on any atom is -0.457 e. The zero-order valence-corrected chi connectivity index (χ0v) is 43.4. The van der Waals surface area contributed by atoms with Crippen LogP contribution in [0.15, 0.2) is 237 Å². The Balaban J connectivity index is 1.02. The highest BCUT2D eigenvalue weighted by atomic mass is 19.1. The third-order valence-electron chi connectivity index (χ3n) is 14.8. The molecule has 0 saturated heterocycles. The number of fused-ring (bicyclic) bond motifs is 4. The largest absolute Gasteiger partial charge is 0.457 e. The van der Waals surface area contributed by atoms with Gasteiger partial charge < -0.3 is 14.5 Å². The molecule has 79 heavy (non-hydrogen) atoms. The summed E-state index contributed by atoms with van der Waals surface area (Å²) in [5.74, 6) is -1.05. The molecule has 0 saturated carbocycles. The van der Waals surface area contributed by atoms with Crippen molar-refractivity contribution in [3.63, 3.8) is 0 Å². The van der Waals surface area contributed by atoms with E-state index in [9.17, 15) is 0 Å². The van der Waals surface area contributed by atoms with Crippen LogP contribution in [0.3, 0.4) is 0 Å². The van der Waals surface area contributed by atoms with Gasteiger partial charge in [-0.25, -0.2) is 22.5 Å². The average molecular weight is 1040 g/mol. The molecule has 0 radical (unpaired) electrons. The van der Waals surface area contributed by atoms with Gasteiger partial charge in [-0.15, -0.1) is 0 Å². The molecule has 12 aromatic rings. The van der Waals surface area contributed by atoms with Gasteiger partial charge in [-0.3, -0.25) is 4.57 Å². The Morgan fingerprint density at radius 2 is 0.962 bits per heavy atom. The molecule has 1 aliphatic rings. The fraction of sp³-hybridized carbons (Fsp3) is 0.0714. The standard InChI is InChI=1S/C70H50F4N4O/c1-70(2,3)49-30-31-75-67(38-49)78-63-25-11-10-20-61(63)62-29-28-55(42-66(62)78)79-56-37-48(68-57(44-16-6-4-7-17-44)21-14-22-58(68)45-18-8-5-9-19-45)36-54(41-56)76-43-77(65-27-13-12-26-64(65)76)69-59(46-32-50(71)39-51(72)33-46)23-15-24-60(69)47-34-52(73)40-53(74)35-47/h4-42H,43H2,1-3H3. The molecule has 9 heteroatoms. The molecule has 0 unspecified atom stereocenters. The fourth-order valence-corrected chi connectivity index (χ4v) is 11.3. The maximum absolute atomic E-state index is 15.2. The maximum Gasteiger partial charge on any atom is 0.137 e. The number of hydrogen-bond acceptors (Lipinski definition) is 4. The molecule has 0 atom stereocenters. The zero-order valence-electron chi connectivity index (χ0n) is 43.4. The number of nitrogens with zero attached hydrogens (tertiary/aromatic N) is 4. The second-order valence-corrected chi connectivity index (χ2v) is 21.0. The molecule has 384 valence electrons. The number of aromatic nitrogens is 2. The molecule has 2 aromatic heterocycles. The van der Waals surface area contributed by atoms with Crippen LogP contribution >= 0.6 is 0 Å². The minimum absolute atomic E-state index is 0.104. The van der Waals surface area contributed by atoms with Crippen LogP contribution in [0.25, 0.3) is 83.3 Å². The number of ether oxygens (including phenoxy) is 1. The molecule has 0 fully saturated rings. The van der Waals surface area contributed by atoms with E-state index in [1.165, 1.54) is 29.8 Å². The van der Waals surface area contributed by atoms with Crippen LogP contribution in [0.2, 0.25) is 0 Å². The number of benzene rings is 10. The molecule has 3 heterocycles. The second-order valence-electron chi connectivity index (χ2n) is 21.0. The van der Waals surface area contributed by atoms with Crippen molar-refractivity contribution in [3.05, 3.63) is 266 Å². The van der Waals surface area contributed by atoms with Crippen molar-refractivity contribution in [2.24, 2.45) is 0 Å². The summed E-state index contributed by atoms with van der Waals surface area (Å²) < 4.78 is 70.3. The van der Waals surface area contributed by atoms with Gasteiger partial charge in [0.2, 0.25) is 0 Å². The van der Waals surface area contributed by atoms with E-state index >= 15 is 17.6 Å². The molecule has 1 aliphatic heterocycles. The van der Waals surface area contributed by atoms with E-state index in [-0.39, 0.29) is 23.2 Å². The molecule has 0 aliphatic carbocycles. The van der Waals surface area contributed by atoms with Crippen LogP contribution in [0.1, 0.15) is 26.3 Å². The molecule has 0 N–H and O–H groups in total. The third kappa shape index (κ3) is 9.12. The summed E-state index contributed by atoms with van der Waals surface area (Å²) in [5.41, 5.74) is 13.3. The summed E-state index contributed by atoms with van der Waals surface area (Å²) in [6, 6.07) is 72.1. The Morgan fingerprint density at radius 3 is 1.57 bits per heavy atom. The molecule has 0 amide bonds. The van der Waals surface area contributed by atoms with E-state index in [2.05, 4.69) is 127 Å². The van der Waals surface area contributed by atoms with Crippen LogP contribution in [0, 0.1) is 23.3 Å². The van der Waals surface area contributed by atoms with Crippen LogP contribution in [0.5, 0.6) is 11.5 Å². The average Bonchev–Trinajstić information content (AvgIpc) is 4.26. The number of rotatable bonds is 10. The van der Waals surface area contributed by atoms with Gasteiger partial charge in [0.15, 0.2) is 0 Å². The SMILES string of the molecule is CC(C)(C)c1ccnc(-n2c3ccccc3c3ccc(Oc4cc(-c5c(-c6ccccc6)cccc5-c5ccccc5)cc(N5CN(c6c(-c7cc(F)cc(F)c7)cccc6-c6cc(F)cc(F)c6)c6ccccc65)c4)cc32)c1. The Bertz CT molecular complexity index is 4150. The molecule has 0 bridgehead atoms. The molecule has 13 rings (SSSR count). The summed E-state index contributed by atoms with van der Waals surface area (Å²) in [6.45, 7) is 6.78. The van der Waals surface area contributed by atoms with Crippen molar-refractivity contribution in [2.75, 3.05) is 16.5 Å². The maximum atomic E-state index is 15.2. The molecule has 5 nitrogen and oxygen atoms in total. The number of halogens is 4. The van der Waals surface area contributed by atoms with Crippen molar-refractivity contribution in [1.82, 2.24) is 9.55 Å². The van der Waals surface area contributed by atoms with E-state index in [4.69, 9.17) is 9.72 Å². The minimum atomic E-state index is -0.756. The summed E-state index contributed by atoms with van der Waals surface area (Å²) in [6.07, 6.45) is 1.88. The van der Waals surface area contributed by atoms with Crippen molar-refractivity contribution in [1.29, 1.82) is 0 Å². The number of hydrogen-bond donors (Lipinski definition) is 0. The third-order valence-corrected chi connectivity index (χ3v) is 14.8. The van der Waals surface area contributed by atoms with Gasteiger partial charge in [0.1, 0.15) is 47.3 Å².